The highest BCUT2D eigenvalue weighted by atomic mass is 16.5. The summed E-state index contributed by atoms with van der Waals surface area (Å²) in [5.41, 5.74) is 8.04. The maximum Gasteiger partial charge on any atom is 0.235 e. The number of ether oxygens (including phenoxy) is 1. The lowest BCUT2D eigenvalue weighted by Crippen LogP contribution is -2.06. The molecule has 5 heterocycles. The van der Waals surface area contributed by atoms with Crippen LogP contribution in [0.25, 0.3) is 93.8 Å². The molecular weight excluding hydrogens is 546 g/mol. The molecule has 6 nitrogen and oxygen atoms in total. The minimum atomic E-state index is 0.598. The Morgan fingerprint density at radius 2 is 1.07 bits per heavy atom. The van der Waals surface area contributed by atoms with Crippen LogP contribution in [0.5, 0.6) is 11.5 Å². The summed E-state index contributed by atoms with van der Waals surface area (Å²) in [5, 5.41) is 7.39. The average Bonchev–Trinajstić information content (AvgIpc) is 3.73. The molecule has 0 saturated carbocycles. The molecule has 11 rings (SSSR count). The molecule has 0 fully saturated rings. The summed E-state index contributed by atoms with van der Waals surface area (Å²) in [7, 11) is 0. The van der Waals surface area contributed by atoms with Crippen molar-refractivity contribution in [3.63, 3.8) is 0 Å². The molecule has 0 bridgehead atoms. The predicted molar refractivity (Wildman–Crippen MR) is 174 cm³/mol. The Hall–Kier alpha value is -6.14. The zero-order chi connectivity index (χ0) is 28.5. The first kappa shape index (κ1) is 22.5. The minimum absolute atomic E-state index is 0.598. The van der Waals surface area contributed by atoms with Crippen molar-refractivity contribution >= 4 is 76.6 Å². The number of para-hydroxylation sites is 3. The van der Waals surface area contributed by atoms with Gasteiger partial charge in [-0.25, -0.2) is 9.97 Å². The molecule has 6 aromatic carbocycles. The molecule has 0 saturated heterocycles. The molecule has 6 heteroatoms. The molecule has 0 unspecified atom stereocenters. The van der Waals surface area contributed by atoms with Gasteiger partial charge >= 0.3 is 0 Å². The third-order valence-electron chi connectivity index (χ3n) is 9.01. The number of hydrogen-bond donors (Lipinski definition) is 0. The van der Waals surface area contributed by atoms with Gasteiger partial charge in [0, 0.05) is 37.9 Å². The monoisotopic (exact) mass is 565 g/mol. The topological polar surface area (TPSA) is 66.2 Å². The smallest absolute Gasteiger partial charge is 0.235 e. The lowest BCUT2D eigenvalue weighted by Gasteiger charge is -2.20. The zero-order valence-electron chi connectivity index (χ0n) is 23.0. The largest absolute Gasteiger partial charge is 0.456 e. The first-order valence-electron chi connectivity index (χ1n) is 14.6. The van der Waals surface area contributed by atoms with E-state index in [4.69, 9.17) is 23.5 Å². The van der Waals surface area contributed by atoms with Crippen molar-refractivity contribution in [2.75, 3.05) is 0 Å². The van der Waals surface area contributed by atoms with Gasteiger partial charge in [-0.3, -0.25) is 4.57 Å². The van der Waals surface area contributed by atoms with Crippen LogP contribution in [0.4, 0.5) is 0 Å². The number of fused-ring (bicyclic) bond motifs is 13. The Balaban J connectivity index is 1.38. The predicted octanol–water partition coefficient (Wildman–Crippen LogP) is 10.3. The van der Waals surface area contributed by atoms with Gasteiger partial charge in [-0.2, -0.15) is 0 Å². The number of benzene rings is 6. The molecule has 44 heavy (non-hydrogen) atoms. The van der Waals surface area contributed by atoms with Crippen molar-refractivity contribution in [3.05, 3.63) is 115 Å². The van der Waals surface area contributed by atoms with E-state index >= 15 is 0 Å². The van der Waals surface area contributed by atoms with Crippen LogP contribution in [-0.4, -0.2) is 14.5 Å². The summed E-state index contributed by atoms with van der Waals surface area (Å²) >= 11 is 0. The van der Waals surface area contributed by atoms with Crippen LogP contribution in [-0.2, 0) is 0 Å². The number of furan rings is 2. The summed E-state index contributed by atoms with van der Waals surface area (Å²) in [4.78, 5) is 10.5. The van der Waals surface area contributed by atoms with Crippen LogP contribution in [0.2, 0.25) is 0 Å². The number of aromatic nitrogens is 3. The summed E-state index contributed by atoms with van der Waals surface area (Å²) in [6.45, 7) is 0. The van der Waals surface area contributed by atoms with E-state index in [0.29, 0.717) is 5.95 Å². The first-order valence-corrected chi connectivity index (χ1v) is 14.6. The van der Waals surface area contributed by atoms with Gasteiger partial charge in [0.1, 0.15) is 33.8 Å². The van der Waals surface area contributed by atoms with E-state index < -0.39 is 0 Å². The second-order valence-corrected chi connectivity index (χ2v) is 11.3. The molecule has 0 spiro atoms. The molecule has 0 N–H and O–H groups in total. The number of nitrogens with zero attached hydrogens (tertiary/aromatic N) is 3. The van der Waals surface area contributed by atoms with Gasteiger partial charge in [-0.05, 0) is 60.7 Å². The molecule has 0 aliphatic carbocycles. The van der Waals surface area contributed by atoms with Gasteiger partial charge in [0.25, 0.3) is 0 Å². The van der Waals surface area contributed by atoms with Crippen LogP contribution in [0.1, 0.15) is 0 Å². The van der Waals surface area contributed by atoms with Crippen molar-refractivity contribution in [1.82, 2.24) is 14.5 Å². The van der Waals surface area contributed by atoms with Crippen LogP contribution in [0.3, 0.4) is 0 Å². The highest BCUT2D eigenvalue weighted by Gasteiger charge is 2.27. The second kappa shape index (κ2) is 7.82. The fourth-order valence-electron chi connectivity index (χ4n) is 7.22. The summed E-state index contributed by atoms with van der Waals surface area (Å²) in [5.74, 6) is 2.15. The summed E-state index contributed by atoms with van der Waals surface area (Å²) in [6, 6.07) is 38.9. The zero-order valence-corrected chi connectivity index (χ0v) is 23.0. The van der Waals surface area contributed by atoms with Crippen molar-refractivity contribution in [2.45, 2.75) is 0 Å². The van der Waals surface area contributed by atoms with E-state index in [1.54, 1.807) is 0 Å². The SMILES string of the molecule is c1ccc2c(c1)Oc1cccc3nc(-n4c5ccc6oc7ccccc7c6c5c5c6c(ccc54)oc4ccccc46)nc-2c13. The van der Waals surface area contributed by atoms with Gasteiger partial charge in [-0.1, -0.05) is 54.6 Å². The van der Waals surface area contributed by atoms with E-state index in [9.17, 15) is 0 Å². The van der Waals surface area contributed by atoms with Gasteiger partial charge in [-0.15, -0.1) is 0 Å². The average molecular weight is 566 g/mol. The number of rotatable bonds is 1. The summed E-state index contributed by atoms with van der Waals surface area (Å²) in [6.07, 6.45) is 0. The van der Waals surface area contributed by atoms with Crippen LogP contribution >= 0.6 is 0 Å². The lowest BCUT2D eigenvalue weighted by molar-refractivity contribution is 0.486. The van der Waals surface area contributed by atoms with Gasteiger partial charge in [0.15, 0.2) is 0 Å². The van der Waals surface area contributed by atoms with E-state index in [1.807, 2.05) is 60.7 Å². The molecular formula is C38H19N3O3. The Labute approximate surface area is 248 Å². The van der Waals surface area contributed by atoms with Gasteiger partial charge < -0.3 is 13.6 Å². The third-order valence-corrected chi connectivity index (χ3v) is 9.01. The Morgan fingerprint density at radius 3 is 1.77 bits per heavy atom. The van der Waals surface area contributed by atoms with Gasteiger partial charge in [0.2, 0.25) is 5.95 Å². The molecule has 0 radical (unpaired) electrons. The fraction of sp³-hybridized carbons (Fsp3) is 0. The highest BCUT2D eigenvalue weighted by molar-refractivity contribution is 6.35. The van der Waals surface area contributed by atoms with Crippen molar-refractivity contribution in [1.29, 1.82) is 0 Å². The van der Waals surface area contributed by atoms with Crippen LogP contribution in [0.15, 0.2) is 124 Å². The van der Waals surface area contributed by atoms with E-state index in [1.165, 1.54) is 0 Å². The molecule has 1 aliphatic heterocycles. The van der Waals surface area contributed by atoms with Crippen molar-refractivity contribution in [3.8, 4) is 28.7 Å². The van der Waals surface area contributed by atoms with Crippen molar-refractivity contribution in [2.24, 2.45) is 0 Å². The minimum Gasteiger partial charge on any atom is -0.456 e. The number of hydrogen-bond acceptors (Lipinski definition) is 5. The van der Waals surface area contributed by atoms with Gasteiger partial charge in [0.05, 0.1) is 27.6 Å². The highest BCUT2D eigenvalue weighted by Crippen LogP contribution is 2.48. The lowest BCUT2D eigenvalue weighted by atomic mass is 10.0. The maximum absolute atomic E-state index is 6.38. The normalized spacial score (nSPS) is 12.7. The molecule has 204 valence electrons. The van der Waals surface area contributed by atoms with E-state index in [0.717, 1.165) is 99.3 Å². The molecule has 0 atom stereocenters. The second-order valence-electron chi connectivity index (χ2n) is 11.3. The molecule has 0 amide bonds. The third kappa shape index (κ3) is 2.71. The van der Waals surface area contributed by atoms with Crippen LogP contribution < -0.4 is 4.74 Å². The molecule has 4 aromatic heterocycles. The van der Waals surface area contributed by atoms with Crippen molar-refractivity contribution < 1.29 is 13.6 Å². The maximum atomic E-state index is 6.38. The first-order chi connectivity index (χ1) is 21.8. The standard InChI is InChI=1S/C38H19N3O3/c1-4-12-26-20(8-1)32-30(42-26)18-16-24-35(32)36-25(17-19-31-33(36)21-9-2-5-13-27(21)43-31)41(24)38-39-23-11-7-15-29-34(23)37(40-38)22-10-3-6-14-28(22)44-29/h1-19H. The Kier molecular flexibility index (Phi) is 3.99. The van der Waals surface area contributed by atoms with E-state index in [2.05, 4.69) is 59.2 Å². The van der Waals surface area contributed by atoms with E-state index in [-0.39, 0.29) is 0 Å². The quantitative estimate of drug-likeness (QED) is 0.198. The summed E-state index contributed by atoms with van der Waals surface area (Å²) < 4.78 is 21.2. The molecule has 10 aromatic rings. The van der Waals surface area contributed by atoms with Crippen LogP contribution in [0, 0.1) is 0 Å². The fourth-order valence-corrected chi connectivity index (χ4v) is 7.22. The Bertz CT molecular complexity index is 2750. The molecule has 1 aliphatic rings. The Morgan fingerprint density at radius 1 is 0.455 bits per heavy atom.